The molecule has 0 aromatic heterocycles. The number of likely N-dealkylation sites (tertiary alicyclic amines) is 1. The number of benzene rings is 1. The van der Waals surface area contributed by atoms with E-state index >= 15 is 0 Å². The van der Waals surface area contributed by atoms with E-state index in [4.69, 9.17) is 9.47 Å². The Bertz CT molecular complexity index is 1640. The Morgan fingerprint density at radius 1 is 0.891 bits per heavy atom. The van der Waals surface area contributed by atoms with Crippen LogP contribution in [0.1, 0.15) is 99.5 Å². The summed E-state index contributed by atoms with van der Waals surface area (Å²) in [7, 11) is 0. The summed E-state index contributed by atoms with van der Waals surface area (Å²) in [6.45, 7) is 15.0. The van der Waals surface area contributed by atoms with E-state index in [2.05, 4.69) is 21.3 Å². The number of ketones is 1. The minimum absolute atomic E-state index is 0.0222. The van der Waals surface area contributed by atoms with Gasteiger partial charge in [-0.05, 0) is 80.1 Å². The van der Waals surface area contributed by atoms with Crippen molar-refractivity contribution < 1.29 is 43.0 Å². The first kappa shape index (κ1) is 41.7. The molecule has 1 heterocycles. The normalized spacial score (nSPS) is 22.9. The number of amides is 5. The van der Waals surface area contributed by atoms with Crippen molar-refractivity contribution in [1.29, 1.82) is 0 Å². The van der Waals surface area contributed by atoms with Gasteiger partial charge in [0.1, 0.15) is 30.3 Å². The summed E-state index contributed by atoms with van der Waals surface area (Å²) >= 11 is 0. The zero-order valence-electron chi connectivity index (χ0n) is 33.5. The molecule has 302 valence electrons. The SMILES string of the molecule is CC(C)(C)OC(=O)CCNC(=O)C(=O)C(CC1CC1)NC(=O)[C@@H]1[C@@H]2[C@H](CN1C(=O)[C@@H](NC(=O)N[C@H](C(=O)OCc1ccccc1)C1CC1)C(C)(C)C)C2(C)C. The Balaban J connectivity index is 1.25. The molecular weight excluding hydrogens is 706 g/mol. The molecule has 1 aromatic rings. The topological polar surface area (TPSA) is 189 Å². The first-order valence-electron chi connectivity index (χ1n) is 19.6. The third-order valence-corrected chi connectivity index (χ3v) is 11.2. The highest BCUT2D eigenvalue weighted by atomic mass is 16.6. The van der Waals surface area contributed by atoms with Crippen molar-refractivity contribution in [2.24, 2.45) is 34.5 Å². The quantitative estimate of drug-likeness (QED) is 0.144. The first-order chi connectivity index (χ1) is 25.7. The van der Waals surface area contributed by atoms with Crippen LogP contribution in [0, 0.1) is 34.5 Å². The van der Waals surface area contributed by atoms with Gasteiger partial charge >= 0.3 is 18.0 Å². The fraction of sp³-hybridized carbons (Fsp3) is 0.683. The van der Waals surface area contributed by atoms with Gasteiger partial charge in [0, 0.05) is 13.1 Å². The number of carbonyl (C=O) groups is 7. The van der Waals surface area contributed by atoms with Crippen molar-refractivity contribution in [1.82, 2.24) is 26.2 Å². The maximum atomic E-state index is 14.5. The number of hydrogen-bond donors (Lipinski definition) is 4. The van der Waals surface area contributed by atoms with Crippen LogP contribution in [0.4, 0.5) is 4.79 Å². The van der Waals surface area contributed by atoms with E-state index in [1.165, 1.54) is 4.90 Å². The number of carbonyl (C=O) groups excluding carboxylic acids is 7. The van der Waals surface area contributed by atoms with E-state index < -0.39 is 76.7 Å². The Hall–Kier alpha value is -4.49. The average Bonchev–Trinajstić information content (AvgIpc) is 4.05. The van der Waals surface area contributed by atoms with Gasteiger partial charge in [0.05, 0.1) is 12.5 Å². The lowest BCUT2D eigenvalue weighted by atomic mass is 9.85. The van der Waals surface area contributed by atoms with Crippen LogP contribution in [-0.4, -0.2) is 89.2 Å². The summed E-state index contributed by atoms with van der Waals surface area (Å²) in [5, 5.41) is 10.9. The molecule has 4 N–H and O–H groups in total. The van der Waals surface area contributed by atoms with Gasteiger partial charge in [0.2, 0.25) is 17.6 Å². The highest BCUT2D eigenvalue weighted by Gasteiger charge is 2.70. The standard InChI is InChI=1S/C41H59N5O9/c1-39(2,3)33(45-38(53)44-30(25-16-17-25)37(52)54-22-24-12-10-9-11-13-24)36(51)46-21-26-29(41(26,7)8)31(46)34(49)43-27(20-23-14-15-23)32(48)35(50)42-19-18-28(47)55-40(4,5)6/h9-13,23,25-27,29-31,33H,14-22H2,1-8H3,(H,42,50)(H,43,49)(H2,44,45,53)/t26-,27?,29-,30-,31-,33+/m0/s1. The second kappa shape index (κ2) is 16.3. The van der Waals surface area contributed by atoms with Gasteiger partial charge in [-0.3, -0.25) is 24.0 Å². The van der Waals surface area contributed by atoms with Crippen molar-refractivity contribution in [3.63, 3.8) is 0 Å². The molecule has 5 rings (SSSR count). The zero-order chi connectivity index (χ0) is 40.5. The largest absolute Gasteiger partial charge is 0.460 e. The summed E-state index contributed by atoms with van der Waals surface area (Å²) in [4.78, 5) is 95.3. The van der Waals surface area contributed by atoms with Gasteiger partial charge in [-0.1, -0.05) is 77.8 Å². The van der Waals surface area contributed by atoms with E-state index in [-0.39, 0.29) is 61.6 Å². The highest BCUT2D eigenvalue weighted by Crippen LogP contribution is 2.65. The molecule has 5 amide bonds. The lowest BCUT2D eigenvalue weighted by molar-refractivity contribution is -0.155. The lowest BCUT2D eigenvalue weighted by Crippen LogP contribution is -2.62. The minimum atomic E-state index is -1.11. The van der Waals surface area contributed by atoms with E-state index in [0.717, 1.165) is 31.2 Å². The monoisotopic (exact) mass is 765 g/mol. The molecule has 0 bridgehead atoms. The van der Waals surface area contributed by atoms with Gasteiger partial charge in [-0.15, -0.1) is 0 Å². The Morgan fingerprint density at radius 2 is 1.55 bits per heavy atom. The van der Waals surface area contributed by atoms with Crippen LogP contribution >= 0.6 is 0 Å². The molecule has 6 atom stereocenters. The van der Waals surface area contributed by atoms with Crippen LogP contribution in [0.5, 0.6) is 0 Å². The number of nitrogens with one attached hydrogen (secondary N) is 4. The van der Waals surface area contributed by atoms with Crippen LogP contribution in [-0.2, 0) is 44.8 Å². The van der Waals surface area contributed by atoms with Crippen molar-refractivity contribution in [2.75, 3.05) is 13.1 Å². The number of hydrogen-bond acceptors (Lipinski definition) is 9. The fourth-order valence-corrected chi connectivity index (χ4v) is 7.65. The van der Waals surface area contributed by atoms with Crippen molar-refractivity contribution in [2.45, 2.75) is 130 Å². The third-order valence-electron chi connectivity index (χ3n) is 11.2. The van der Waals surface area contributed by atoms with Gasteiger partial charge in [0.15, 0.2) is 0 Å². The van der Waals surface area contributed by atoms with Crippen molar-refractivity contribution in [3.8, 4) is 0 Å². The third kappa shape index (κ3) is 10.8. The Morgan fingerprint density at radius 3 is 2.13 bits per heavy atom. The van der Waals surface area contributed by atoms with Gasteiger partial charge in [-0.25, -0.2) is 9.59 Å². The van der Waals surface area contributed by atoms with E-state index in [9.17, 15) is 33.6 Å². The van der Waals surface area contributed by atoms with E-state index in [0.29, 0.717) is 0 Å². The summed E-state index contributed by atoms with van der Waals surface area (Å²) < 4.78 is 10.8. The first-order valence-corrected chi connectivity index (χ1v) is 19.6. The molecule has 55 heavy (non-hydrogen) atoms. The predicted octanol–water partition coefficient (Wildman–Crippen LogP) is 3.41. The number of fused-ring (bicyclic) bond motifs is 1. The smallest absolute Gasteiger partial charge is 0.329 e. The van der Waals surface area contributed by atoms with Crippen LogP contribution in [0.3, 0.4) is 0 Å². The number of Topliss-reactive ketones (excluding diaryl/α,β-unsaturated/α-hetero) is 1. The molecule has 4 fully saturated rings. The minimum Gasteiger partial charge on any atom is -0.460 e. The summed E-state index contributed by atoms with van der Waals surface area (Å²) in [5.41, 5.74) is -0.898. The van der Waals surface area contributed by atoms with E-state index in [1.807, 2.05) is 65.0 Å². The molecule has 1 aromatic carbocycles. The zero-order valence-corrected chi connectivity index (χ0v) is 33.5. The molecule has 0 radical (unpaired) electrons. The fourth-order valence-electron chi connectivity index (χ4n) is 7.65. The lowest BCUT2D eigenvalue weighted by Gasteiger charge is -2.38. The van der Waals surface area contributed by atoms with Crippen LogP contribution in [0.2, 0.25) is 0 Å². The van der Waals surface area contributed by atoms with E-state index in [1.54, 1.807) is 20.8 Å². The Labute approximate surface area is 323 Å². The molecule has 14 nitrogen and oxygen atoms in total. The molecule has 1 unspecified atom stereocenters. The maximum absolute atomic E-state index is 14.5. The molecular formula is C41H59N5O9. The van der Waals surface area contributed by atoms with Crippen LogP contribution in [0.25, 0.3) is 0 Å². The Kier molecular flexibility index (Phi) is 12.4. The summed E-state index contributed by atoms with van der Waals surface area (Å²) in [6.07, 6.45) is 3.43. The molecule has 4 aliphatic rings. The molecule has 1 aliphatic heterocycles. The number of ether oxygens (including phenoxy) is 2. The molecule has 0 spiro atoms. The average molecular weight is 766 g/mol. The molecule has 14 heteroatoms. The highest BCUT2D eigenvalue weighted by molar-refractivity contribution is 6.38. The second-order valence-electron chi connectivity index (χ2n) is 18.4. The van der Waals surface area contributed by atoms with Crippen molar-refractivity contribution in [3.05, 3.63) is 35.9 Å². The number of urea groups is 1. The van der Waals surface area contributed by atoms with Crippen LogP contribution in [0.15, 0.2) is 30.3 Å². The summed E-state index contributed by atoms with van der Waals surface area (Å²) in [5.74, 6) is -3.83. The predicted molar refractivity (Wildman–Crippen MR) is 202 cm³/mol. The molecule has 1 saturated heterocycles. The summed E-state index contributed by atoms with van der Waals surface area (Å²) in [6, 6.07) is 4.56. The number of esters is 2. The van der Waals surface area contributed by atoms with Gasteiger partial charge in [0.25, 0.3) is 5.91 Å². The maximum Gasteiger partial charge on any atom is 0.329 e. The van der Waals surface area contributed by atoms with Gasteiger partial charge in [-0.2, -0.15) is 0 Å². The second-order valence-corrected chi connectivity index (χ2v) is 18.4. The number of rotatable bonds is 16. The van der Waals surface area contributed by atoms with Gasteiger partial charge < -0.3 is 35.6 Å². The molecule has 3 saturated carbocycles. The number of nitrogens with zero attached hydrogens (tertiary/aromatic N) is 1. The number of piperidine rings is 1. The van der Waals surface area contributed by atoms with Crippen LogP contribution < -0.4 is 21.3 Å². The van der Waals surface area contributed by atoms with Crippen molar-refractivity contribution >= 4 is 41.5 Å². The molecule has 3 aliphatic carbocycles.